The smallest absolute Gasteiger partial charge is 0.341 e. The third-order valence-corrected chi connectivity index (χ3v) is 4.65. The third-order valence-electron chi connectivity index (χ3n) is 3.66. The molecule has 0 fully saturated rings. The van der Waals surface area contributed by atoms with Crippen LogP contribution in [0.1, 0.15) is 44.3 Å². The molecule has 134 valence electrons. The van der Waals surface area contributed by atoms with E-state index in [9.17, 15) is 14.9 Å². The number of rotatable bonds is 6. The molecule has 2 N–H and O–H groups in total. The summed E-state index contributed by atoms with van der Waals surface area (Å²) in [6.07, 6.45) is 0. The molecule has 26 heavy (non-hydrogen) atoms. The van der Waals surface area contributed by atoms with E-state index in [-0.39, 0.29) is 35.1 Å². The lowest BCUT2D eigenvalue weighted by molar-refractivity contribution is 0.0527. The Bertz CT molecular complexity index is 904. The second-order valence-corrected chi connectivity index (χ2v) is 6.60. The topological polar surface area (TPSA) is 106 Å². The first-order valence-corrected chi connectivity index (χ1v) is 8.96. The van der Waals surface area contributed by atoms with Crippen LogP contribution in [0.5, 0.6) is 0 Å². The number of nitrogens with two attached hydrogens (primary N) is 1. The highest BCUT2D eigenvalue weighted by atomic mass is 32.2. The van der Waals surface area contributed by atoms with Crippen LogP contribution < -0.4 is 5.73 Å². The number of carbonyl (C=O) groups excluding carboxylic acids is 2. The van der Waals surface area contributed by atoms with E-state index >= 15 is 0 Å². The van der Waals surface area contributed by atoms with Gasteiger partial charge in [0, 0.05) is 5.56 Å². The Labute approximate surface area is 156 Å². The average molecular weight is 369 g/mol. The van der Waals surface area contributed by atoms with Crippen LogP contribution in [0.2, 0.25) is 0 Å². The SMILES string of the molecule is CCOC(=O)c1cc(C#N)c(SCC(=O)c2ccc(C)cc2C)nc1N. The van der Waals surface area contributed by atoms with Gasteiger partial charge >= 0.3 is 5.97 Å². The van der Waals surface area contributed by atoms with Gasteiger partial charge < -0.3 is 10.5 Å². The highest BCUT2D eigenvalue weighted by molar-refractivity contribution is 8.00. The minimum absolute atomic E-state index is 0.0242. The first kappa shape index (κ1) is 19.5. The van der Waals surface area contributed by atoms with E-state index in [1.54, 1.807) is 13.0 Å². The Morgan fingerprint density at radius 3 is 2.62 bits per heavy atom. The van der Waals surface area contributed by atoms with Gasteiger partial charge in [0.15, 0.2) is 5.78 Å². The van der Waals surface area contributed by atoms with E-state index < -0.39 is 5.97 Å². The van der Waals surface area contributed by atoms with Crippen molar-refractivity contribution in [2.45, 2.75) is 25.8 Å². The molecule has 1 aromatic carbocycles. The number of ketones is 1. The van der Waals surface area contributed by atoms with Gasteiger partial charge in [-0.3, -0.25) is 4.79 Å². The molecule has 0 atom stereocenters. The van der Waals surface area contributed by atoms with Crippen LogP contribution in [0.4, 0.5) is 5.82 Å². The molecule has 0 unspecified atom stereocenters. The van der Waals surface area contributed by atoms with Crippen LogP contribution in [0, 0.1) is 25.2 Å². The molecule has 0 saturated heterocycles. The second-order valence-electron chi connectivity index (χ2n) is 5.64. The van der Waals surface area contributed by atoms with Crippen LogP contribution in [-0.4, -0.2) is 29.1 Å². The van der Waals surface area contributed by atoms with Crippen molar-refractivity contribution in [2.75, 3.05) is 18.1 Å². The number of thioether (sulfide) groups is 1. The second kappa shape index (κ2) is 8.50. The lowest BCUT2D eigenvalue weighted by atomic mass is 10.0. The fourth-order valence-electron chi connectivity index (χ4n) is 2.41. The van der Waals surface area contributed by atoms with Gasteiger partial charge in [-0.1, -0.05) is 35.5 Å². The van der Waals surface area contributed by atoms with Gasteiger partial charge in [0.25, 0.3) is 0 Å². The molecule has 2 aromatic rings. The Morgan fingerprint density at radius 1 is 1.27 bits per heavy atom. The van der Waals surface area contributed by atoms with Gasteiger partial charge in [0.2, 0.25) is 0 Å². The summed E-state index contributed by atoms with van der Waals surface area (Å²) in [6.45, 7) is 5.72. The molecule has 0 radical (unpaired) electrons. The molecular weight excluding hydrogens is 350 g/mol. The first-order valence-electron chi connectivity index (χ1n) is 7.98. The number of aryl methyl sites for hydroxylation is 2. The number of ether oxygens (including phenoxy) is 1. The van der Waals surface area contributed by atoms with Crippen molar-refractivity contribution in [1.82, 2.24) is 4.98 Å². The highest BCUT2D eigenvalue weighted by Gasteiger charge is 2.18. The normalized spacial score (nSPS) is 10.2. The molecule has 0 bridgehead atoms. The summed E-state index contributed by atoms with van der Waals surface area (Å²) in [5.74, 6) is -0.601. The maximum absolute atomic E-state index is 12.5. The van der Waals surface area contributed by atoms with E-state index in [4.69, 9.17) is 10.5 Å². The summed E-state index contributed by atoms with van der Waals surface area (Å²) < 4.78 is 4.90. The van der Waals surface area contributed by atoms with Crippen molar-refractivity contribution in [3.8, 4) is 6.07 Å². The predicted molar refractivity (Wildman–Crippen MR) is 100 cm³/mol. The number of hydrogen-bond donors (Lipinski definition) is 1. The van der Waals surface area contributed by atoms with Gasteiger partial charge in [0.05, 0.1) is 17.9 Å². The number of benzene rings is 1. The molecule has 2 rings (SSSR count). The van der Waals surface area contributed by atoms with Crippen LogP contribution in [-0.2, 0) is 4.74 Å². The minimum atomic E-state index is -0.628. The van der Waals surface area contributed by atoms with Gasteiger partial charge in [0.1, 0.15) is 22.5 Å². The maximum Gasteiger partial charge on any atom is 0.341 e. The van der Waals surface area contributed by atoms with E-state index in [0.29, 0.717) is 10.6 Å². The molecule has 0 saturated carbocycles. The lowest BCUT2D eigenvalue weighted by Gasteiger charge is -2.09. The molecule has 1 heterocycles. The summed E-state index contributed by atoms with van der Waals surface area (Å²) in [6, 6.07) is 8.96. The number of aromatic nitrogens is 1. The molecule has 7 heteroatoms. The number of carbonyl (C=O) groups is 2. The molecule has 0 amide bonds. The van der Waals surface area contributed by atoms with E-state index in [1.165, 1.54) is 6.07 Å². The molecule has 6 nitrogen and oxygen atoms in total. The van der Waals surface area contributed by atoms with Crippen molar-refractivity contribution in [1.29, 1.82) is 5.26 Å². The van der Waals surface area contributed by atoms with Crippen molar-refractivity contribution >= 4 is 29.3 Å². The van der Waals surface area contributed by atoms with Crippen molar-refractivity contribution < 1.29 is 14.3 Å². The average Bonchev–Trinajstić information content (AvgIpc) is 2.59. The molecule has 1 aromatic heterocycles. The maximum atomic E-state index is 12.5. The molecular formula is C19H19N3O3S. The van der Waals surface area contributed by atoms with Gasteiger partial charge in [-0.2, -0.15) is 5.26 Å². The quantitative estimate of drug-likeness (QED) is 0.473. The fourth-order valence-corrected chi connectivity index (χ4v) is 3.26. The van der Waals surface area contributed by atoms with E-state index in [1.807, 2.05) is 32.0 Å². The number of nitriles is 1. The fraction of sp³-hybridized carbons (Fsp3) is 0.263. The lowest BCUT2D eigenvalue weighted by Crippen LogP contribution is -2.11. The Hall–Kier alpha value is -2.85. The largest absolute Gasteiger partial charge is 0.462 e. The molecule has 0 aliphatic rings. The Morgan fingerprint density at radius 2 is 2.00 bits per heavy atom. The zero-order valence-corrected chi connectivity index (χ0v) is 15.6. The third kappa shape index (κ3) is 4.41. The molecule has 0 aliphatic carbocycles. The number of esters is 1. The van der Waals surface area contributed by atoms with Crippen LogP contribution in [0.15, 0.2) is 29.3 Å². The number of anilines is 1. The van der Waals surface area contributed by atoms with Crippen LogP contribution >= 0.6 is 11.8 Å². The minimum Gasteiger partial charge on any atom is -0.462 e. The summed E-state index contributed by atoms with van der Waals surface area (Å²) in [5.41, 5.74) is 8.67. The van der Waals surface area contributed by atoms with Gasteiger partial charge in [-0.15, -0.1) is 0 Å². The standard InChI is InChI=1S/C19H19N3O3S/c1-4-25-19(24)15-8-13(9-20)18(22-17(15)21)26-10-16(23)14-6-5-11(2)7-12(14)3/h5-8H,4,10H2,1-3H3,(H2,21,22). The van der Waals surface area contributed by atoms with Crippen LogP contribution in [0.25, 0.3) is 0 Å². The molecule has 0 aliphatic heterocycles. The summed E-state index contributed by atoms with van der Waals surface area (Å²) in [5, 5.41) is 9.64. The van der Waals surface area contributed by atoms with Crippen molar-refractivity contribution in [3.63, 3.8) is 0 Å². The summed E-state index contributed by atoms with van der Waals surface area (Å²) in [4.78, 5) is 28.4. The Kier molecular flexibility index (Phi) is 6.36. The van der Waals surface area contributed by atoms with E-state index in [2.05, 4.69) is 4.98 Å². The number of hydrogen-bond acceptors (Lipinski definition) is 7. The Balaban J connectivity index is 2.21. The van der Waals surface area contributed by atoms with Gasteiger partial charge in [-0.25, -0.2) is 9.78 Å². The molecule has 0 spiro atoms. The van der Waals surface area contributed by atoms with Crippen molar-refractivity contribution in [2.24, 2.45) is 0 Å². The zero-order valence-electron chi connectivity index (χ0n) is 14.8. The highest BCUT2D eigenvalue weighted by Crippen LogP contribution is 2.26. The number of Topliss-reactive ketones (excluding diaryl/α,β-unsaturated/α-hetero) is 1. The number of pyridine rings is 1. The zero-order chi connectivity index (χ0) is 19.3. The first-order chi connectivity index (χ1) is 12.4. The summed E-state index contributed by atoms with van der Waals surface area (Å²) in [7, 11) is 0. The number of nitrogens with zero attached hydrogens (tertiary/aromatic N) is 2. The monoisotopic (exact) mass is 369 g/mol. The predicted octanol–water partition coefficient (Wildman–Crippen LogP) is 3.30. The summed E-state index contributed by atoms with van der Waals surface area (Å²) >= 11 is 1.12. The van der Waals surface area contributed by atoms with E-state index in [0.717, 1.165) is 22.9 Å². The van der Waals surface area contributed by atoms with Crippen LogP contribution in [0.3, 0.4) is 0 Å². The number of nitrogen functional groups attached to an aromatic ring is 1. The van der Waals surface area contributed by atoms with Gasteiger partial charge in [-0.05, 0) is 32.4 Å². The van der Waals surface area contributed by atoms with Crippen molar-refractivity contribution in [3.05, 3.63) is 52.1 Å².